The molecule has 2 aromatic heterocycles. The van der Waals surface area contributed by atoms with Crippen LogP contribution < -0.4 is 5.32 Å². The summed E-state index contributed by atoms with van der Waals surface area (Å²) in [6.45, 7) is 2.42. The van der Waals surface area contributed by atoms with Crippen molar-refractivity contribution in [3.05, 3.63) is 40.4 Å². The third-order valence-electron chi connectivity index (χ3n) is 2.36. The van der Waals surface area contributed by atoms with E-state index >= 15 is 0 Å². The number of halogens is 2. The first-order valence-corrected chi connectivity index (χ1v) is 6.29. The number of nitrogens with one attached hydrogen (secondary N) is 1. The second-order valence-electron chi connectivity index (χ2n) is 3.97. The Morgan fingerprint density at radius 1 is 1.47 bits per heavy atom. The molecule has 100 valence electrons. The molecule has 0 bridgehead atoms. The first-order valence-electron chi connectivity index (χ1n) is 5.53. The third-order valence-corrected chi connectivity index (χ3v) is 2.83. The largest absolute Gasteiger partial charge is 0.348 e. The summed E-state index contributed by atoms with van der Waals surface area (Å²) in [7, 11) is 0. The summed E-state index contributed by atoms with van der Waals surface area (Å²) in [5.41, 5.74) is 0.203. The van der Waals surface area contributed by atoms with Gasteiger partial charge in [-0.15, -0.1) is 10.2 Å². The molecule has 1 amide bonds. The van der Waals surface area contributed by atoms with Crippen molar-refractivity contribution in [2.75, 3.05) is 0 Å². The number of carbonyl (C=O) groups excluding carboxylic acids is 1. The van der Waals surface area contributed by atoms with E-state index in [4.69, 9.17) is 23.2 Å². The Morgan fingerprint density at radius 2 is 2.26 bits per heavy atom. The minimum atomic E-state index is -0.346. The van der Waals surface area contributed by atoms with Crippen molar-refractivity contribution in [1.29, 1.82) is 0 Å². The summed E-state index contributed by atoms with van der Waals surface area (Å²) in [4.78, 5) is 12.0. The standard InChI is InChI=1S/C11H11Cl2N5O/c1-7(6-18-4-2-3-14-18)15-11(19)8-5-9(12)16-17-10(8)13/h2-5,7H,6H2,1H3,(H,15,19). The summed E-state index contributed by atoms with van der Waals surface area (Å²) in [6.07, 6.45) is 3.50. The molecule has 0 aliphatic rings. The summed E-state index contributed by atoms with van der Waals surface area (Å²) in [5.74, 6) is -0.346. The SMILES string of the molecule is CC(Cn1cccn1)NC(=O)c1cc(Cl)nnc1Cl. The maximum Gasteiger partial charge on any atom is 0.254 e. The molecule has 0 aliphatic heterocycles. The number of nitrogens with zero attached hydrogens (tertiary/aromatic N) is 4. The Morgan fingerprint density at radius 3 is 2.95 bits per heavy atom. The number of aromatic nitrogens is 4. The molecule has 0 saturated heterocycles. The molecule has 0 radical (unpaired) electrons. The molecule has 0 aliphatic carbocycles. The first-order chi connectivity index (χ1) is 9.06. The molecular formula is C11H11Cl2N5O. The van der Waals surface area contributed by atoms with E-state index in [9.17, 15) is 4.79 Å². The van der Waals surface area contributed by atoms with E-state index in [1.165, 1.54) is 6.07 Å². The number of hydrogen-bond acceptors (Lipinski definition) is 4. The minimum absolute atomic E-state index is 0.0215. The fourth-order valence-electron chi connectivity index (χ4n) is 1.55. The van der Waals surface area contributed by atoms with Crippen LogP contribution in [0.15, 0.2) is 24.5 Å². The average molecular weight is 300 g/mol. The molecular weight excluding hydrogens is 289 g/mol. The second kappa shape index (κ2) is 5.99. The number of hydrogen-bond donors (Lipinski definition) is 1. The summed E-state index contributed by atoms with van der Waals surface area (Å²) < 4.78 is 1.73. The van der Waals surface area contributed by atoms with Gasteiger partial charge in [-0.2, -0.15) is 5.10 Å². The molecule has 6 nitrogen and oxygen atoms in total. The van der Waals surface area contributed by atoms with Crippen LogP contribution in [0.1, 0.15) is 17.3 Å². The highest BCUT2D eigenvalue weighted by Crippen LogP contribution is 2.15. The number of carbonyl (C=O) groups is 1. The molecule has 2 heterocycles. The lowest BCUT2D eigenvalue weighted by Gasteiger charge is -2.14. The third kappa shape index (κ3) is 3.65. The molecule has 0 aromatic carbocycles. The molecule has 1 N–H and O–H groups in total. The smallest absolute Gasteiger partial charge is 0.254 e. The molecule has 2 aromatic rings. The monoisotopic (exact) mass is 299 g/mol. The zero-order valence-electron chi connectivity index (χ0n) is 10.0. The molecule has 19 heavy (non-hydrogen) atoms. The van der Waals surface area contributed by atoms with E-state index in [1.807, 2.05) is 19.2 Å². The lowest BCUT2D eigenvalue weighted by Crippen LogP contribution is -2.36. The van der Waals surface area contributed by atoms with Crippen LogP contribution in [-0.2, 0) is 6.54 Å². The van der Waals surface area contributed by atoms with E-state index in [0.29, 0.717) is 6.54 Å². The zero-order valence-corrected chi connectivity index (χ0v) is 11.6. The fraction of sp³-hybridized carbons (Fsp3) is 0.273. The van der Waals surface area contributed by atoms with Crippen LogP contribution in [-0.4, -0.2) is 31.9 Å². The predicted molar refractivity (Wildman–Crippen MR) is 71.2 cm³/mol. The number of amides is 1. The van der Waals surface area contributed by atoms with Gasteiger partial charge in [0.2, 0.25) is 0 Å². The predicted octanol–water partition coefficient (Wildman–Crippen LogP) is 1.80. The quantitative estimate of drug-likeness (QED) is 0.934. The van der Waals surface area contributed by atoms with Gasteiger partial charge in [-0.25, -0.2) is 0 Å². The molecule has 2 rings (SSSR count). The second-order valence-corrected chi connectivity index (χ2v) is 4.72. The topological polar surface area (TPSA) is 72.7 Å². The van der Waals surface area contributed by atoms with Crippen LogP contribution in [0.25, 0.3) is 0 Å². The molecule has 1 unspecified atom stereocenters. The minimum Gasteiger partial charge on any atom is -0.348 e. The maximum atomic E-state index is 12.0. The Balaban J connectivity index is 2.02. The molecule has 1 atom stereocenters. The lowest BCUT2D eigenvalue weighted by molar-refractivity contribution is 0.0935. The highest BCUT2D eigenvalue weighted by Gasteiger charge is 2.15. The van der Waals surface area contributed by atoms with E-state index in [-0.39, 0.29) is 27.8 Å². The van der Waals surface area contributed by atoms with Crippen LogP contribution in [0, 0.1) is 0 Å². The maximum absolute atomic E-state index is 12.0. The molecule has 0 saturated carbocycles. The van der Waals surface area contributed by atoms with E-state index in [0.717, 1.165) is 0 Å². The Bertz CT molecular complexity index is 572. The van der Waals surface area contributed by atoms with Gasteiger partial charge in [-0.05, 0) is 19.1 Å². The van der Waals surface area contributed by atoms with Gasteiger partial charge in [-0.1, -0.05) is 23.2 Å². The average Bonchev–Trinajstić information content (AvgIpc) is 2.84. The molecule has 0 spiro atoms. The fourth-order valence-corrected chi connectivity index (χ4v) is 1.87. The summed E-state index contributed by atoms with van der Waals surface area (Å²) in [6, 6.07) is 3.08. The van der Waals surface area contributed by atoms with Crippen molar-refractivity contribution in [2.45, 2.75) is 19.5 Å². The Labute approximate surface area is 119 Å². The first kappa shape index (κ1) is 13.8. The van der Waals surface area contributed by atoms with Crippen molar-refractivity contribution in [3.63, 3.8) is 0 Å². The molecule has 0 fully saturated rings. The summed E-state index contributed by atoms with van der Waals surface area (Å²) >= 11 is 11.5. The lowest BCUT2D eigenvalue weighted by atomic mass is 10.2. The van der Waals surface area contributed by atoms with Gasteiger partial charge < -0.3 is 5.32 Å². The van der Waals surface area contributed by atoms with E-state index < -0.39 is 0 Å². The van der Waals surface area contributed by atoms with E-state index in [2.05, 4.69) is 20.6 Å². The van der Waals surface area contributed by atoms with Crippen LogP contribution in [0.4, 0.5) is 0 Å². The van der Waals surface area contributed by atoms with Gasteiger partial charge >= 0.3 is 0 Å². The van der Waals surface area contributed by atoms with Gasteiger partial charge in [0, 0.05) is 18.4 Å². The van der Waals surface area contributed by atoms with Crippen molar-refractivity contribution < 1.29 is 4.79 Å². The van der Waals surface area contributed by atoms with Crippen LogP contribution in [0.3, 0.4) is 0 Å². The van der Waals surface area contributed by atoms with E-state index in [1.54, 1.807) is 10.9 Å². The van der Waals surface area contributed by atoms with Crippen molar-refractivity contribution >= 4 is 29.1 Å². The zero-order chi connectivity index (χ0) is 13.8. The van der Waals surface area contributed by atoms with Crippen LogP contribution >= 0.6 is 23.2 Å². The summed E-state index contributed by atoms with van der Waals surface area (Å²) in [5, 5.41) is 14.1. The van der Waals surface area contributed by atoms with Crippen molar-refractivity contribution in [3.8, 4) is 0 Å². The van der Waals surface area contributed by atoms with Gasteiger partial charge in [0.05, 0.1) is 12.1 Å². The van der Waals surface area contributed by atoms with Crippen molar-refractivity contribution in [1.82, 2.24) is 25.3 Å². The highest BCUT2D eigenvalue weighted by atomic mass is 35.5. The van der Waals surface area contributed by atoms with Gasteiger partial charge in [0.15, 0.2) is 10.3 Å². The van der Waals surface area contributed by atoms with Gasteiger partial charge in [0.25, 0.3) is 5.91 Å². The van der Waals surface area contributed by atoms with Gasteiger partial charge in [0.1, 0.15) is 0 Å². The Kier molecular flexibility index (Phi) is 4.34. The number of rotatable bonds is 4. The van der Waals surface area contributed by atoms with Crippen LogP contribution in [0.5, 0.6) is 0 Å². The molecule has 8 heteroatoms. The van der Waals surface area contributed by atoms with Gasteiger partial charge in [-0.3, -0.25) is 9.48 Å². The normalized spacial score (nSPS) is 12.2. The van der Waals surface area contributed by atoms with Crippen molar-refractivity contribution in [2.24, 2.45) is 0 Å². The Hall–Kier alpha value is -1.66. The van der Waals surface area contributed by atoms with Crippen LogP contribution in [0.2, 0.25) is 10.3 Å². The highest BCUT2D eigenvalue weighted by molar-refractivity contribution is 6.34.